The van der Waals surface area contributed by atoms with Gasteiger partial charge < -0.3 is 14.8 Å². The molecule has 0 atom stereocenters. The molecule has 1 aromatic carbocycles. The maximum Gasteiger partial charge on any atom is 0.258 e. The lowest BCUT2D eigenvalue weighted by Gasteiger charge is -2.14. The smallest absolute Gasteiger partial charge is 0.258 e. The Morgan fingerprint density at radius 1 is 1.15 bits per heavy atom. The summed E-state index contributed by atoms with van der Waals surface area (Å²) in [6.07, 6.45) is 1.67. The van der Waals surface area contributed by atoms with Gasteiger partial charge >= 0.3 is 0 Å². The summed E-state index contributed by atoms with van der Waals surface area (Å²) < 4.78 is 10.5. The number of methoxy groups -OCH3 is 2. The number of rotatable bonds is 5. The average Bonchev–Trinajstić information content (AvgIpc) is 3.08. The lowest BCUT2D eigenvalue weighted by molar-refractivity contribution is 0.102. The third kappa shape index (κ3) is 3.66. The first-order valence-electron chi connectivity index (χ1n) is 7.78. The first-order chi connectivity index (χ1) is 12.5. The molecule has 0 aliphatic rings. The maximum absolute atomic E-state index is 12.9. The van der Waals surface area contributed by atoms with Gasteiger partial charge in [-0.1, -0.05) is 11.6 Å². The Morgan fingerprint density at radius 2 is 1.92 bits per heavy atom. The Hall–Kier alpha value is -2.57. The molecule has 0 saturated carbocycles. The van der Waals surface area contributed by atoms with Crippen molar-refractivity contribution in [3.05, 3.63) is 58.1 Å². The molecule has 0 aliphatic carbocycles. The molecule has 3 rings (SSSR count). The number of nitrogens with zero attached hydrogens (tertiary/aromatic N) is 1. The minimum atomic E-state index is -0.293. The number of amides is 1. The van der Waals surface area contributed by atoms with Crippen LogP contribution in [0.3, 0.4) is 0 Å². The number of halogens is 1. The number of aromatic nitrogens is 1. The number of thiophene rings is 1. The minimum absolute atomic E-state index is 0.293. The number of hydrogen-bond donors (Lipinski definition) is 1. The van der Waals surface area contributed by atoms with Crippen molar-refractivity contribution in [1.29, 1.82) is 0 Å². The van der Waals surface area contributed by atoms with Crippen molar-refractivity contribution in [3.63, 3.8) is 0 Å². The number of anilines is 1. The lowest BCUT2D eigenvalue weighted by atomic mass is 10.1. The minimum Gasteiger partial charge on any atom is -0.495 e. The fourth-order valence-corrected chi connectivity index (χ4v) is 3.61. The highest BCUT2D eigenvalue weighted by atomic mass is 35.5. The van der Waals surface area contributed by atoms with Crippen LogP contribution < -0.4 is 14.8 Å². The molecule has 1 amide bonds. The van der Waals surface area contributed by atoms with Gasteiger partial charge in [-0.2, -0.15) is 0 Å². The zero-order valence-corrected chi connectivity index (χ0v) is 16.1. The van der Waals surface area contributed by atoms with Crippen LogP contribution in [-0.2, 0) is 0 Å². The number of nitrogens with one attached hydrogen (secondary N) is 1. The highest BCUT2D eigenvalue weighted by Gasteiger charge is 2.18. The fourth-order valence-electron chi connectivity index (χ4n) is 2.49. The number of aryl methyl sites for hydroxylation is 1. The SMILES string of the molecule is COc1cc(OC)c(NC(=O)c2cccnc2-c2ccc(C)s2)cc1Cl. The van der Waals surface area contributed by atoms with Gasteiger partial charge in [-0.25, -0.2) is 0 Å². The van der Waals surface area contributed by atoms with Crippen molar-refractivity contribution in [2.45, 2.75) is 6.92 Å². The van der Waals surface area contributed by atoms with Crippen molar-refractivity contribution in [3.8, 4) is 22.1 Å². The largest absolute Gasteiger partial charge is 0.495 e. The predicted molar refractivity (Wildman–Crippen MR) is 105 cm³/mol. The second-order valence-corrected chi connectivity index (χ2v) is 7.15. The van der Waals surface area contributed by atoms with Gasteiger partial charge in [0.2, 0.25) is 0 Å². The zero-order valence-electron chi connectivity index (χ0n) is 14.5. The molecule has 0 unspecified atom stereocenters. The molecular formula is C19H17ClN2O3S. The molecule has 0 bridgehead atoms. The van der Waals surface area contributed by atoms with Crippen LogP contribution in [-0.4, -0.2) is 25.1 Å². The molecule has 0 aliphatic heterocycles. The topological polar surface area (TPSA) is 60.5 Å². The van der Waals surface area contributed by atoms with Crippen LogP contribution in [0.2, 0.25) is 5.02 Å². The molecule has 2 heterocycles. The van der Waals surface area contributed by atoms with Gasteiger partial charge in [0.1, 0.15) is 11.5 Å². The number of carbonyl (C=O) groups excluding carboxylic acids is 1. The zero-order chi connectivity index (χ0) is 18.7. The second-order valence-electron chi connectivity index (χ2n) is 5.45. The van der Waals surface area contributed by atoms with E-state index in [2.05, 4.69) is 10.3 Å². The molecule has 26 heavy (non-hydrogen) atoms. The molecule has 134 valence electrons. The van der Waals surface area contributed by atoms with Crippen molar-refractivity contribution >= 4 is 34.5 Å². The molecule has 3 aromatic rings. The van der Waals surface area contributed by atoms with Gasteiger partial charge in [0.25, 0.3) is 5.91 Å². The summed E-state index contributed by atoms with van der Waals surface area (Å²) in [7, 11) is 3.03. The Labute approximate surface area is 160 Å². The fraction of sp³-hybridized carbons (Fsp3) is 0.158. The van der Waals surface area contributed by atoms with Crippen LogP contribution in [0.5, 0.6) is 11.5 Å². The van der Waals surface area contributed by atoms with Crippen LogP contribution in [0.15, 0.2) is 42.6 Å². The van der Waals surface area contributed by atoms with E-state index in [1.165, 1.54) is 14.2 Å². The van der Waals surface area contributed by atoms with Crippen LogP contribution in [0.4, 0.5) is 5.69 Å². The summed E-state index contributed by atoms with van der Waals surface area (Å²) in [4.78, 5) is 19.3. The van der Waals surface area contributed by atoms with Crippen molar-refractivity contribution in [1.82, 2.24) is 4.98 Å². The average molecular weight is 389 g/mol. The van der Waals surface area contributed by atoms with Crippen molar-refractivity contribution in [2.24, 2.45) is 0 Å². The first kappa shape index (κ1) is 18.2. The van der Waals surface area contributed by atoms with E-state index >= 15 is 0 Å². The highest BCUT2D eigenvalue weighted by Crippen LogP contribution is 2.36. The van der Waals surface area contributed by atoms with Gasteiger partial charge in [-0.3, -0.25) is 9.78 Å². The third-order valence-corrected chi connectivity index (χ3v) is 5.05. The van der Waals surface area contributed by atoms with Gasteiger partial charge in [0.15, 0.2) is 0 Å². The summed E-state index contributed by atoms with van der Waals surface area (Å²) in [6.45, 7) is 2.01. The Morgan fingerprint density at radius 3 is 2.58 bits per heavy atom. The van der Waals surface area contributed by atoms with Crippen molar-refractivity contribution in [2.75, 3.05) is 19.5 Å². The molecule has 0 spiro atoms. The standard InChI is InChI=1S/C19H17ClN2O3S/c1-11-6-7-17(26-11)18-12(5-4-8-21-18)19(23)22-14-9-13(20)15(24-2)10-16(14)25-3/h4-10H,1-3H3,(H,22,23). The van der Waals surface area contributed by atoms with E-state index in [0.717, 1.165) is 9.75 Å². The highest BCUT2D eigenvalue weighted by molar-refractivity contribution is 7.15. The Bertz CT molecular complexity index is 956. The van der Waals surface area contributed by atoms with Crippen molar-refractivity contribution < 1.29 is 14.3 Å². The number of hydrogen-bond acceptors (Lipinski definition) is 5. The molecule has 0 saturated heterocycles. The summed E-state index contributed by atoms with van der Waals surface area (Å²) in [5.74, 6) is 0.633. The summed E-state index contributed by atoms with van der Waals surface area (Å²) in [5, 5.41) is 3.23. The molecule has 7 heteroatoms. The lowest BCUT2D eigenvalue weighted by Crippen LogP contribution is -2.14. The third-order valence-electron chi connectivity index (χ3n) is 3.75. The quantitative estimate of drug-likeness (QED) is 0.665. The van der Waals surface area contributed by atoms with Crippen LogP contribution in [0.1, 0.15) is 15.2 Å². The molecule has 1 N–H and O–H groups in total. The van der Waals surface area contributed by atoms with Crippen LogP contribution in [0, 0.1) is 6.92 Å². The van der Waals surface area contributed by atoms with E-state index in [9.17, 15) is 4.79 Å². The first-order valence-corrected chi connectivity index (χ1v) is 8.97. The summed E-state index contributed by atoms with van der Waals surface area (Å²) >= 11 is 7.76. The maximum atomic E-state index is 12.9. The monoisotopic (exact) mass is 388 g/mol. The van der Waals surface area contributed by atoms with Gasteiger partial charge in [-0.05, 0) is 37.3 Å². The van der Waals surface area contributed by atoms with Gasteiger partial charge in [-0.15, -0.1) is 11.3 Å². The summed E-state index contributed by atoms with van der Waals surface area (Å²) in [5.41, 5.74) is 1.57. The predicted octanol–water partition coefficient (Wildman–Crippen LogP) is 5.04. The number of pyridine rings is 1. The normalized spacial score (nSPS) is 10.5. The van der Waals surface area contributed by atoms with Crippen LogP contribution in [0.25, 0.3) is 10.6 Å². The van der Waals surface area contributed by atoms with Gasteiger partial charge in [0.05, 0.1) is 41.1 Å². The number of carbonyl (C=O) groups is 1. The Balaban J connectivity index is 1.96. The van der Waals surface area contributed by atoms with Crippen LogP contribution >= 0.6 is 22.9 Å². The van der Waals surface area contributed by atoms with E-state index in [4.69, 9.17) is 21.1 Å². The summed E-state index contributed by atoms with van der Waals surface area (Å²) in [6, 6.07) is 10.7. The second kappa shape index (κ2) is 7.76. The number of ether oxygens (including phenoxy) is 2. The van der Waals surface area contributed by atoms with Gasteiger partial charge in [0, 0.05) is 17.1 Å². The Kier molecular flexibility index (Phi) is 5.44. The van der Waals surface area contributed by atoms with E-state index in [1.807, 2.05) is 19.1 Å². The van der Waals surface area contributed by atoms with E-state index in [1.54, 1.807) is 41.8 Å². The number of benzene rings is 1. The van der Waals surface area contributed by atoms with E-state index in [0.29, 0.717) is 33.5 Å². The molecule has 0 fully saturated rings. The molecule has 0 radical (unpaired) electrons. The van der Waals surface area contributed by atoms with E-state index < -0.39 is 0 Å². The van der Waals surface area contributed by atoms with E-state index in [-0.39, 0.29) is 5.91 Å². The molecular weight excluding hydrogens is 372 g/mol. The molecule has 2 aromatic heterocycles. The molecule has 5 nitrogen and oxygen atoms in total.